The molecule has 0 aromatic carbocycles. The number of aromatic carboxylic acids is 1. The van der Waals surface area contributed by atoms with E-state index in [0.29, 0.717) is 10.2 Å². The molecule has 1 N–H and O–H groups in total. The zero-order valence-corrected chi connectivity index (χ0v) is 12.8. The van der Waals surface area contributed by atoms with Crippen molar-refractivity contribution < 1.29 is 14.3 Å². The number of carbonyl (C=O) groups is 1. The summed E-state index contributed by atoms with van der Waals surface area (Å²) in [6.45, 7) is 3.70. The minimum Gasteiger partial charge on any atom is -0.478 e. The Bertz CT molecular complexity index is 690. The van der Waals surface area contributed by atoms with E-state index >= 15 is 0 Å². The standard InChI is InChI=1S/C15H16N2O3S/c1-8-9(2)20-15(16-8)21-13-11(14(18)19)7-10-5-3-4-6-12(10)17-13/h7H,3-6H2,1-2H3,(H,18,19). The van der Waals surface area contributed by atoms with Gasteiger partial charge in [0, 0.05) is 5.69 Å². The number of oxazole rings is 1. The molecule has 2 aromatic heterocycles. The maximum absolute atomic E-state index is 11.5. The van der Waals surface area contributed by atoms with E-state index in [9.17, 15) is 9.90 Å². The normalized spacial score (nSPS) is 14.0. The van der Waals surface area contributed by atoms with Gasteiger partial charge in [0.2, 0.25) is 0 Å². The predicted molar refractivity (Wildman–Crippen MR) is 77.9 cm³/mol. The Balaban J connectivity index is 2.01. The molecular weight excluding hydrogens is 288 g/mol. The Kier molecular flexibility index (Phi) is 3.71. The number of aromatic nitrogens is 2. The maximum Gasteiger partial charge on any atom is 0.338 e. The topological polar surface area (TPSA) is 76.2 Å². The predicted octanol–water partition coefficient (Wildman–Crippen LogP) is 3.41. The van der Waals surface area contributed by atoms with Gasteiger partial charge in [0.25, 0.3) is 5.22 Å². The van der Waals surface area contributed by atoms with E-state index in [-0.39, 0.29) is 5.56 Å². The summed E-state index contributed by atoms with van der Waals surface area (Å²) in [5.41, 5.74) is 3.11. The second-order valence-electron chi connectivity index (χ2n) is 5.18. The lowest BCUT2D eigenvalue weighted by molar-refractivity contribution is 0.0692. The first kappa shape index (κ1) is 14.1. The van der Waals surface area contributed by atoms with Gasteiger partial charge < -0.3 is 9.52 Å². The summed E-state index contributed by atoms with van der Waals surface area (Å²) in [6, 6.07) is 1.76. The lowest BCUT2D eigenvalue weighted by atomic mass is 9.95. The van der Waals surface area contributed by atoms with Gasteiger partial charge in [0.15, 0.2) is 0 Å². The summed E-state index contributed by atoms with van der Waals surface area (Å²) in [5.74, 6) is -0.217. The summed E-state index contributed by atoms with van der Waals surface area (Å²) < 4.78 is 5.52. The minimum atomic E-state index is -0.960. The first-order chi connectivity index (χ1) is 10.0. The molecule has 0 spiro atoms. The van der Waals surface area contributed by atoms with Crippen LogP contribution in [0.1, 0.15) is 45.9 Å². The number of hydrogen-bond donors (Lipinski definition) is 1. The van der Waals surface area contributed by atoms with Gasteiger partial charge in [0.1, 0.15) is 10.8 Å². The van der Waals surface area contributed by atoms with E-state index in [1.807, 2.05) is 13.8 Å². The molecule has 1 aliphatic carbocycles. The molecule has 0 fully saturated rings. The first-order valence-corrected chi connectivity index (χ1v) is 7.74. The molecule has 0 atom stereocenters. The molecule has 0 bridgehead atoms. The van der Waals surface area contributed by atoms with Crippen LogP contribution in [0.15, 0.2) is 20.7 Å². The zero-order chi connectivity index (χ0) is 15.0. The number of carboxylic acid groups (broad SMARTS) is 1. The van der Waals surface area contributed by atoms with Crippen LogP contribution in [-0.2, 0) is 12.8 Å². The summed E-state index contributed by atoms with van der Waals surface area (Å²) in [5, 5.41) is 10.3. The first-order valence-electron chi connectivity index (χ1n) is 6.92. The van der Waals surface area contributed by atoms with Gasteiger partial charge in [-0.05, 0) is 62.9 Å². The van der Waals surface area contributed by atoms with Crippen molar-refractivity contribution in [1.29, 1.82) is 0 Å². The number of pyridine rings is 1. The molecule has 110 valence electrons. The average molecular weight is 304 g/mol. The van der Waals surface area contributed by atoms with Crippen molar-refractivity contribution >= 4 is 17.7 Å². The molecule has 1 aliphatic rings. The van der Waals surface area contributed by atoms with Crippen LogP contribution in [0, 0.1) is 13.8 Å². The summed E-state index contributed by atoms with van der Waals surface area (Å²) in [4.78, 5) is 20.3. The molecule has 6 heteroatoms. The van der Waals surface area contributed by atoms with E-state index in [2.05, 4.69) is 9.97 Å². The molecule has 21 heavy (non-hydrogen) atoms. The van der Waals surface area contributed by atoms with Crippen molar-refractivity contribution in [2.75, 3.05) is 0 Å². The van der Waals surface area contributed by atoms with Crippen LogP contribution in [0.25, 0.3) is 0 Å². The van der Waals surface area contributed by atoms with E-state index in [1.54, 1.807) is 6.07 Å². The SMILES string of the molecule is Cc1nc(Sc2nc3c(cc2C(=O)O)CCCC3)oc1C. The second-order valence-corrected chi connectivity index (χ2v) is 6.12. The van der Waals surface area contributed by atoms with Crippen LogP contribution in [0.2, 0.25) is 0 Å². The largest absolute Gasteiger partial charge is 0.478 e. The molecule has 0 saturated heterocycles. The van der Waals surface area contributed by atoms with Crippen molar-refractivity contribution in [3.63, 3.8) is 0 Å². The summed E-state index contributed by atoms with van der Waals surface area (Å²) in [7, 11) is 0. The lowest BCUT2D eigenvalue weighted by Gasteiger charge is -2.16. The number of hydrogen-bond acceptors (Lipinski definition) is 5. The molecule has 0 unspecified atom stereocenters. The molecule has 2 heterocycles. The molecular formula is C15H16N2O3S. The number of fused-ring (bicyclic) bond motifs is 1. The third-order valence-electron chi connectivity index (χ3n) is 3.69. The van der Waals surface area contributed by atoms with Crippen LogP contribution < -0.4 is 0 Å². The molecule has 0 saturated carbocycles. The van der Waals surface area contributed by atoms with Gasteiger partial charge in [-0.1, -0.05) is 0 Å². The van der Waals surface area contributed by atoms with Crippen molar-refractivity contribution in [2.45, 2.75) is 49.8 Å². The third-order valence-corrected chi connectivity index (χ3v) is 4.54. The Morgan fingerprint density at radius 1 is 1.29 bits per heavy atom. The van der Waals surface area contributed by atoms with Crippen LogP contribution in [0.3, 0.4) is 0 Å². The van der Waals surface area contributed by atoms with Gasteiger partial charge in [-0.15, -0.1) is 0 Å². The highest BCUT2D eigenvalue weighted by atomic mass is 32.2. The van der Waals surface area contributed by atoms with E-state index in [4.69, 9.17) is 4.42 Å². The van der Waals surface area contributed by atoms with Crippen LogP contribution in [0.5, 0.6) is 0 Å². The lowest BCUT2D eigenvalue weighted by Crippen LogP contribution is -2.10. The van der Waals surface area contributed by atoms with Gasteiger partial charge in [-0.3, -0.25) is 0 Å². The van der Waals surface area contributed by atoms with Crippen molar-refractivity contribution in [1.82, 2.24) is 9.97 Å². The minimum absolute atomic E-state index is 0.231. The van der Waals surface area contributed by atoms with Crippen LogP contribution in [-0.4, -0.2) is 21.0 Å². The Morgan fingerprint density at radius 3 is 2.71 bits per heavy atom. The number of carboxylic acids is 1. The van der Waals surface area contributed by atoms with Gasteiger partial charge in [0.05, 0.1) is 11.3 Å². The fourth-order valence-corrected chi connectivity index (χ4v) is 3.34. The highest BCUT2D eigenvalue weighted by molar-refractivity contribution is 7.99. The third kappa shape index (κ3) is 2.81. The van der Waals surface area contributed by atoms with Gasteiger partial charge in [-0.2, -0.15) is 0 Å². The Labute approximate surface area is 126 Å². The zero-order valence-electron chi connectivity index (χ0n) is 12.0. The second kappa shape index (κ2) is 5.52. The summed E-state index contributed by atoms with van der Waals surface area (Å²) in [6.07, 6.45) is 4.02. The number of aryl methyl sites for hydroxylation is 4. The van der Waals surface area contributed by atoms with Crippen LogP contribution in [0.4, 0.5) is 0 Å². The summed E-state index contributed by atoms with van der Waals surface area (Å²) >= 11 is 1.18. The molecule has 5 nitrogen and oxygen atoms in total. The average Bonchev–Trinajstić information content (AvgIpc) is 2.76. The van der Waals surface area contributed by atoms with Gasteiger partial charge in [-0.25, -0.2) is 14.8 Å². The Hall–Kier alpha value is -1.82. The molecule has 0 radical (unpaired) electrons. The van der Waals surface area contributed by atoms with Crippen molar-refractivity contribution in [3.8, 4) is 0 Å². The fraction of sp³-hybridized carbons (Fsp3) is 0.400. The van der Waals surface area contributed by atoms with Crippen molar-refractivity contribution in [2.24, 2.45) is 0 Å². The molecule has 0 amide bonds. The molecule has 3 rings (SSSR count). The smallest absolute Gasteiger partial charge is 0.338 e. The van der Waals surface area contributed by atoms with Crippen LogP contribution >= 0.6 is 11.8 Å². The quantitative estimate of drug-likeness (QED) is 0.936. The van der Waals surface area contributed by atoms with Gasteiger partial charge >= 0.3 is 5.97 Å². The fourth-order valence-electron chi connectivity index (χ4n) is 2.42. The van der Waals surface area contributed by atoms with E-state index < -0.39 is 5.97 Å². The Morgan fingerprint density at radius 2 is 2.05 bits per heavy atom. The highest BCUT2D eigenvalue weighted by Gasteiger charge is 2.21. The highest BCUT2D eigenvalue weighted by Crippen LogP contribution is 2.32. The van der Waals surface area contributed by atoms with Crippen molar-refractivity contribution in [3.05, 3.63) is 34.3 Å². The number of rotatable bonds is 3. The number of nitrogens with zero attached hydrogens (tertiary/aromatic N) is 2. The molecule has 0 aliphatic heterocycles. The van der Waals surface area contributed by atoms with E-state index in [1.165, 1.54) is 11.8 Å². The maximum atomic E-state index is 11.5. The van der Waals surface area contributed by atoms with E-state index in [0.717, 1.165) is 48.4 Å². The monoisotopic (exact) mass is 304 g/mol. The molecule has 2 aromatic rings.